The van der Waals surface area contributed by atoms with Crippen LogP contribution in [0.2, 0.25) is 0 Å². The summed E-state index contributed by atoms with van der Waals surface area (Å²) in [5.41, 5.74) is 5.66. The van der Waals surface area contributed by atoms with E-state index in [1.54, 1.807) is 12.1 Å². The number of ketones is 1. The van der Waals surface area contributed by atoms with E-state index in [2.05, 4.69) is 0 Å². The Morgan fingerprint density at radius 3 is 2.00 bits per heavy atom. The fourth-order valence-electron chi connectivity index (χ4n) is 1.79. The fraction of sp³-hybridized carbons (Fsp3) is 0. The molecule has 6 nitrogen and oxygen atoms in total. The second-order valence-corrected chi connectivity index (χ2v) is 4.04. The Morgan fingerprint density at radius 2 is 1.50 bits per heavy atom. The molecule has 6 heteroatoms. The van der Waals surface area contributed by atoms with Gasteiger partial charge < -0.3 is 5.73 Å². The van der Waals surface area contributed by atoms with Gasteiger partial charge in [-0.15, -0.1) is 0 Å². The topological polar surface area (TPSA) is 103 Å². The van der Waals surface area contributed by atoms with Crippen molar-refractivity contribution < 1.29 is 14.5 Å². The summed E-state index contributed by atoms with van der Waals surface area (Å²) in [5, 5.41) is 10.6. The number of carbonyl (C=O) groups excluding carboxylic acids is 2. The first kappa shape index (κ1) is 13.4. The van der Waals surface area contributed by atoms with Crippen LogP contribution in [0.3, 0.4) is 0 Å². The summed E-state index contributed by atoms with van der Waals surface area (Å²) in [7, 11) is 0. The number of carbonyl (C=O) groups is 2. The highest BCUT2D eigenvalue weighted by Crippen LogP contribution is 2.17. The Kier molecular flexibility index (Phi) is 3.56. The van der Waals surface area contributed by atoms with E-state index < -0.39 is 16.6 Å². The summed E-state index contributed by atoms with van der Waals surface area (Å²) in [5.74, 6) is -1.11. The molecule has 0 radical (unpaired) electrons. The second-order valence-electron chi connectivity index (χ2n) is 4.04. The predicted molar refractivity (Wildman–Crippen MR) is 71.5 cm³/mol. The van der Waals surface area contributed by atoms with Crippen LogP contribution in [-0.2, 0) is 0 Å². The smallest absolute Gasteiger partial charge is 0.269 e. The fourth-order valence-corrected chi connectivity index (χ4v) is 1.79. The highest BCUT2D eigenvalue weighted by Gasteiger charge is 2.17. The summed E-state index contributed by atoms with van der Waals surface area (Å²) >= 11 is 0. The van der Waals surface area contributed by atoms with Crippen molar-refractivity contribution in [1.29, 1.82) is 0 Å². The quantitative estimate of drug-likeness (QED) is 0.520. The van der Waals surface area contributed by atoms with Crippen LogP contribution in [0.25, 0.3) is 0 Å². The van der Waals surface area contributed by atoms with E-state index in [1.165, 1.54) is 36.4 Å². The minimum atomic E-state index is -0.698. The Morgan fingerprint density at radius 1 is 0.950 bits per heavy atom. The maximum absolute atomic E-state index is 12.3. The van der Waals surface area contributed by atoms with Crippen molar-refractivity contribution in [1.82, 2.24) is 0 Å². The lowest BCUT2D eigenvalue weighted by atomic mass is 9.98. The van der Waals surface area contributed by atoms with Crippen LogP contribution in [0.15, 0.2) is 48.5 Å². The number of hydrogen-bond acceptors (Lipinski definition) is 4. The molecule has 0 saturated carbocycles. The zero-order valence-electron chi connectivity index (χ0n) is 10.3. The standard InChI is InChI=1S/C14H10N2O4/c15-14(18)12-4-2-1-3-11(12)13(17)9-5-7-10(8-6-9)16(19)20/h1-8H,(H2,15,18). The van der Waals surface area contributed by atoms with E-state index in [-0.39, 0.29) is 22.4 Å². The van der Waals surface area contributed by atoms with Gasteiger partial charge in [0.05, 0.1) is 10.5 Å². The Balaban J connectivity index is 2.41. The Hall–Kier alpha value is -3.02. The van der Waals surface area contributed by atoms with Gasteiger partial charge in [0.15, 0.2) is 5.78 Å². The number of benzene rings is 2. The molecule has 0 aliphatic heterocycles. The molecule has 2 N–H and O–H groups in total. The molecule has 0 bridgehead atoms. The lowest BCUT2D eigenvalue weighted by Gasteiger charge is -2.05. The molecular weight excluding hydrogens is 260 g/mol. The zero-order valence-corrected chi connectivity index (χ0v) is 10.3. The van der Waals surface area contributed by atoms with Crippen molar-refractivity contribution in [3.8, 4) is 0 Å². The van der Waals surface area contributed by atoms with Crippen LogP contribution < -0.4 is 5.73 Å². The molecule has 0 atom stereocenters. The van der Waals surface area contributed by atoms with Gasteiger partial charge in [-0.05, 0) is 18.2 Å². The number of nitrogens with two attached hydrogens (primary N) is 1. The van der Waals surface area contributed by atoms with Gasteiger partial charge >= 0.3 is 0 Å². The van der Waals surface area contributed by atoms with Gasteiger partial charge in [-0.3, -0.25) is 19.7 Å². The second kappa shape index (κ2) is 5.31. The molecule has 0 aliphatic rings. The first-order valence-electron chi connectivity index (χ1n) is 5.68. The maximum atomic E-state index is 12.3. The van der Waals surface area contributed by atoms with Crippen LogP contribution in [0, 0.1) is 10.1 Å². The average molecular weight is 270 g/mol. The third-order valence-electron chi connectivity index (χ3n) is 2.78. The number of rotatable bonds is 4. The minimum Gasteiger partial charge on any atom is -0.366 e. The molecule has 100 valence electrons. The minimum absolute atomic E-state index is 0.107. The van der Waals surface area contributed by atoms with Crippen LogP contribution in [0.1, 0.15) is 26.3 Å². The summed E-state index contributed by atoms with van der Waals surface area (Å²) in [6.45, 7) is 0. The molecule has 0 unspecified atom stereocenters. The molecule has 1 amide bonds. The number of amides is 1. The molecule has 0 fully saturated rings. The number of nitro benzene ring substituents is 1. The molecule has 2 aromatic rings. The number of nitrogens with zero attached hydrogens (tertiary/aromatic N) is 1. The SMILES string of the molecule is NC(=O)c1ccccc1C(=O)c1ccc([N+](=O)[O-])cc1. The monoisotopic (exact) mass is 270 g/mol. The Bertz CT molecular complexity index is 693. The van der Waals surface area contributed by atoms with Gasteiger partial charge in [0.2, 0.25) is 5.91 Å². The molecule has 0 aromatic heterocycles. The van der Waals surface area contributed by atoms with E-state index in [1.807, 2.05) is 0 Å². The van der Waals surface area contributed by atoms with E-state index in [0.717, 1.165) is 0 Å². The van der Waals surface area contributed by atoms with Gasteiger partial charge in [0.1, 0.15) is 0 Å². The molecule has 0 heterocycles. The van der Waals surface area contributed by atoms with Crippen molar-refractivity contribution in [3.05, 3.63) is 75.3 Å². The van der Waals surface area contributed by atoms with Gasteiger partial charge in [0.25, 0.3) is 5.69 Å². The molecule has 2 aromatic carbocycles. The molecule has 2 rings (SSSR count). The summed E-state index contributed by atoms with van der Waals surface area (Å²) in [4.78, 5) is 33.6. The summed E-state index contributed by atoms with van der Waals surface area (Å²) in [6, 6.07) is 11.3. The molecular formula is C14H10N2O4. The number of hydrogen-bond donors (Lipinski definition) is 1. The van der Waals surface area contributed by atoms with Crippen LogP contribution in [-0.4, -0.2) is 16.6 Å². The van der Waals surface area contributed by atoms with Gasteiger partial charge in [-0.25, -0.2) is 0 Å². The average Bonchev–Trinajstić information content (AvgIpc) is 2.46. The zero-order chi connectivity index (χ0) is 14.7. The first-order chi connectivity index (χ1) is 9.50. The third kappa shape index (κ3) is 2.54. The highest BCUT2D eigenvalue weighted by molar-refractivity contribution is 6.15. The van der Waals surface area contributed by atoms with E-state index in [9.17, 15) is 19.7 Å². The van der Waals surface area contributed by atoms with Crippen molar-refractivity contribution >= 4 is 17.4 Å². The number of primary amides is 1. The summed E-state index contributed by atoms with van der Waals surface area (Å²) in [6.07, 6.45) is 0. The normalized spacial score (nSPS) is 10.0. The first-order valence-corrected chi connectivity index (χ1v) is 5.68. The van der Waals surface area contributed by atoms with Crippen molar-refractivity contribution in [2.24, 2.45) is 5.73 Å². The number of nitro groups is 1. The van der Waals surface area contributed by atoms with E-state index in [0.29, 0.717) is 0 Å². The number of non-ortho nitro benzene ring substituents is 1. The van der Waals surface area contributed by atoms with Gasteiger partial charge in [-0.2, -0.15) is 0 Å². The molecule has 0 saturated heterocycles. The van der Waals surface area contributed by atoms with Gasteiger partial charge in [0, 0.05) is 23.3 Å². The lowest BCUT2D eigenvalue weighted by Crippen LogP contribution is -2.16. The van der Waals surface area contributed by atoms with Crippen molar-refractivity contribution in [3.63, 3.8) is 0 Å². The lowest BCUT2D eigenvalue weighted by molar-refractivity contribution is -0.384. The molecule has 20 heavy (non-hydrogen) atoms. The maximum Gasteiger partial charge on any atom is 0.269 e. The van der Waals surface area contributed by atoms with Crippen LogP contribution in [0.5, 0.6) is 0 Å². The van der Waals surface area contributed by atoms with E-state index >= 15 is 0 Å². The van der Waals surface area contributed by atoms with Crippen LogP contribution in [0.4, 0.5) is 5.69 Å². The predicted octanol–water partition coefficient (Wildman–Crippen LogP) is 1.92. The summed E-state index contributed by atoms with van der Waals surface area (Å²) < 4.78 is 0. The van der Waals surface area contributed by atoms with Crippen LogP contribution >= 0.6 is 0 Å². The van der Waals surface area contributed by atoms with Crippen molar-refractivity contribution in [2.45, 2.75) is 0 Å². The third-order valence-corrected chi connectivity index (χ3v) is 2.78. The van der Waals surface area contributed by atoms with Gasteiger partial charge in [-0.1, -0.05) is 18.2 Å². The van der Waals surface area contributed by atoms with Crippen molar-refractivity contribution in [2.75, 3.05) is 0 Å². The molecule has 0 aliphatic carbocycles. The Labute approximate surface area is 114 Å². The largest absolute Gasteiger partial charge is 0.366 e. The molecule has 0 spiro atoms. The highest BCUT2D eigenvalue weighted by atomic mass is 16.6. The van der Waals surface area contributed by atoms with E-state index in [4.69, 9.17) is 5.73 Å².